The zero-order valence-electron chi connectivity index (χ0n) is 18.7. The highest BCUT2D eigenvalue weighted by Crippen LogP contribution is 2.47. The minimum atomic E-state index is 0.232. The average molecular weight is 443 g/mol. The van der Waals surface area contributed by atoms with Crippen molar-refractivity contribution in [1.82, 2.24) is 19.9 Å². The quantitative estimate of drug-likeness (QED) is 0.537. The molecule has 0 atom stereocenters. The number of nitrogens with one attached hydrogen (secondary N) is 1. The topological polar surface area (TPSA) is 90.5 Å². The summed E-state index contributed by atoms with van der Waals surface area (Å²) in [5.41, 5.74) is 9.07. The minimum Gasteiger partial charge on any atom is -0.454 e. The van der Waals surface area contributed by atoms with Crippen LogP contribution in [0.4, 0.5) is 11.5 Å². The van der Waals surface area contributed by atoms with Crippen molar-refractivity contribution in [2.24, 2.45) is 5.41 Å². The van der Waals surface area contributed by atoms with Gasteiger partial charge in [-0.2, -0.15) is 0 Å². The van der Waals surface area contributed by atoms with Gasteiger partial charge in [-0.05, 0) is 35.4 Å². The van der Waals surface area contributed by atoms with Crippen molar-refractivity contribution >= 4 is 34.3 Å². The Balaban J connectivity index is 1.69. The largest absolute Gasteiger partial charge is 0.454 e. The molecule has 0 spiro atoms. The number of rotatable bonds is 7. The number of nitrogen functional groups attached to an aromatic ring is 1. The Hall–Kier alpha value is -2.65. The predicted octanol–water partition coefficient (Wildman–Crippen LogP) is 3.60. The van der Waals surface area contributed by atoms with Gasteiger partial charge in [0.05, 0.1) is 11.2 Å². The molecule has 0 saturated carbocycles. The van der Waals surface area contributed by atoms with Gasteiger partial charge >= 0.3 is 0 Å². The number of fused-ring (bicyclic) bond motifs is 2. The number of aromatic nitrogens is 3. The summed E-state index contributed by atoms with van der Waals surface area (Å²) in [5, 5.41) is 4.42. The lowest BCUT2D eigenvalue weighted by Gasteiger charge is -2.20. The third-order valence-electron chi connectivity index (χ3n) is 4.95. The molecule has 166 valence electrons. The maximum Gasteiger partial charge on any atom is 0.231 e. The number of hydrogen-bond acceptors (Lipinski definition) is 8. The van der Waals surface area contributed by atoms with E-state index in [4.69, 9.17) is 20.2 Å². The van der Waals surface area contributed by atoms with E-state index < -0.39 is 0 Å². The highest BCUT2D eigenvalue weighted by atomic mass is 32.2. The first-order valence-corrected chi connectivity index (χ1v) is 11.2. The molecule has 1 aliphatic heterocycles. The highest BCUT2D eigenvalue weighted by Gasteiger charge is 2.24. The fourth-order valence-corrected chi connectivity index (χ4v) is 4.68. The van der Waals surface area contributed by atoms with Gasteiger partial charge in [-0.1, -0.05) is 20.8 Å². The summed E-state index contributed by atoms with van der Waals surface area (Å²) >= 11 is 1.60. The maximum absolute atomic E-state index is 6.14. The van der Waals surface area contributed by atoms with Crippen molar-refractivity contribution in [3.05, 3.63) is 24.4 Å². The van der Waals surface area contributed by atoms with Crippen LogP contribution in [0, 0.1) is 5.41 Å². The van der Waals surface area contributed by atoms with Crippen molar-refractivity contribution in [3.8, 4) is 11.5 Å². The van der Waals surface area contributed by atoms with E-state index in [2.05, 4.69) is 41.7 Å². The van der Waals surface area contributed by atoms with E-state index in [1.54, 1.807) is 18.0 Å². The van der Waals surface area contributed by atoms with Crippen molar-refractivity contribution in [2.45, 2.75) is 37.4 Å². The Bertz CT molecular complexity index is 1090. The van der Waals surface area contributed by atoms with Crippen LogP contribution in [0.3, 0.4) is 0 Å². The minimum absolute atomic E-state index is 0.232. The SMILES string of the molecule is CN(C)c1c(Sc2nc3c(N)nccc3n2CCNCC(C)(C)C)ccc2c1OCO2. The summed E-state index contributed by atoms with van der Waals surface area (Å²) in [5.74, 6) is 1.98. The molecule has 0 radical (unpaired) electrons. The Morgan fingerprint density at radius 1 is 1.23 bits per heavy atom. The molecule has 0 saturated heterocycles. The van der Waals surface area contributed by atoms with Crippen molar-refractivity contribution in [3.63, 3.8) is 0 Å². The fraction of sp³-hybridized carbons (Fsp3) is 0.455. The first-order valence-electron chi connectivity index (χ1n) is 10.3. The molecule has 9 heteroatoms. The summed E-state index contributed by atoms with van der Waals surface area (Å²) in [6.45, 7) is 9.47. The van der Waals surface area contributed by atoms with Gasteiger partial charge in [0.1, 0.15) is 5.52 Å². The van der Waals surface area contributed by atoms with Gasteiger partial charge in [-0.15, -0.1) is 0 Å². The highest BCUT2D eigenvalue weighted by molar-refractivity contribution is 7.99. The number of benzene rings is 1. The molecule has 3 heterocycles. The molecule has 0 fully saturated rings. The van der Waals surface area contributed by atoms with Crippen LogP contribution >= 0.6 is 11.8 Å². The summed E-state index contributed by atoms with van der Waals surface area (Å²) in [6.07, 6.45) is 1.73. The molecule has 31 heavy (non-hydrogen) atoms. The van der Waals surface area contributed by atoms with E-state index in [9.17, 15) is 0 Å². The second-order valence-electron chi connectivity index (χ2n) is 8.99. The molecule has 2 aromatic heterocycles. The standard InChI is InChI=1S/C22H30N6O2S/c1-22(2,3)12-24-10-11-28-14-8-9-25-20(23)17(14)26-21(28)31-16-7-6-15-19(30-13-29-15)18(16)27(4)5/h6-9,24H,10-13H2,1-5H3,(H2,23,25). The van der Waals surface area contributed by atoms with Crippen LogP contribution in [0.25, 0.3) is 11.0 Å². The lowest BCUT2D eigenvalue weighted by atomic mass is 9.97. The Morgan fingerprint density at radius 3 is 2.77 bits per heavy atom. The van der Waals surface area contributed by atoms with Crippen LogP contribution < -0.4 is 25.4 Å². The number of nitrogens with two attached hydrogens (primary N) is 1. The second kappa shape index (κ2) is 8.47. The van der Waals surface area contributed by atoms with E-state index >= 15 is 0 Å². The van der Waals surface area contributed by atoms with E-state index in [1.807, 2.05) is 31.1 Å². The molecular weight excluding hydrogens is 412 g/mol. The Morgan fingerprint density at radius 2 is 2.03 bits per heavy atom. The zero-order chi connectivity index (χ0) is 22.2. The third-order valence-corrected chi connectivity index (χ3v) is 6.00. The van der Waals surface area contributed by atoms with Crippen LogP contribution in [0.1, 0.15) is 20.8 Å². The van der Waals surface area contributed by atoms with Gasteiger partial charge in [0.25, 0.3) is 0 Å². The number of nitrogens with zero attached hydrogens (tertiary/aromatic N) is 4. The first kappa shape index (κ1) is 21.6. The predicted molar refractivity (Wildman–Crippen MR) is 125 cm³/mol. The molecule has 3 N–H and O–H groups in total. The van der Waals surface area contributed by atoms with E-state index in [0.29, 0.717) is 5.82 Å². The fourth-order valence-electron chi connectivity index (χ4n) is 3.54. The van der Waals surface area contributed by atoms with E-state index in [-0.39, 0.29) is 12.2 Å². The van der Waals surface area contributed by atoms with Gasteiger partial charge in [-0.3, -0.25) is 0 Å². The molecule has 0 amide bonds. The lowest BCUT2D eigenvalue weighted by molar-refractivity contribution is 0.174. The lowest BCUT2D eigenvalue weighted by Crippen LogP contribution is -2.29. The smallest absolute Gasteiger partial charge is 0.231 e. The molecule has 0 aliphatic carbocycles. The first-order chi connectivity index (χ1) is 14.7. The van der Waals surface area contributed by atoms with Gasteiger partial charge in [0, 0.05) is 44.8 Å². The van der Waals surface area contributed by atoms with Gasteiger partial charge in [0.2, 0.25) is 6.79 Å². The van der Waals surface area contributed by atoms with Crippen LogP contribution in [0.15, 0.2) is 34.4 Å². The van der Waals surface area contributed by atoms with Gasteiger partial charge < -0.3 is 30.0 Å². The number of pyridine rings is 1. The maximum atomic E-state index is 6.14. The van der Waals surface area contributed by atoms with Crippen LogP contribution in [-0.2, 0) is 6.54 Å². The number of imidazole rings is 1. The molecule has 1 aliphatic rings. The third kappa shape index (κ3) is 4.52. The molecule has 8 nitrogen and oxygen atoms in total. The van der Waals surface area contributed by atoms with Crippen molar-refractivity contribution < 1.29 is 9.47 Å². The molecular formula is C22H30N6O2S. The number of hydrogen-bond donors (Lipinski definition) is 2. The molecule has 4 rings (SSSR count). The van der Waals surface area contributed by atoms with E-state index in [0.717, 1.165) is 57.9 Å². The summed E-state index contributed by atoms with van der Waals surface area (Å²) in [4.78, 5) is 12.2. The second-order valence-corrected chi connectivity index (χ2v) is 10.00. The van der Waals surface area contributed by atoms with Gasteiger partial charge in [0.15, 0.2) is 22.5 Å². The van der Waals surface area contributed by atoms with Crippen LogP contribution in [0.5, 0.6) is 11.5 Å². The zero-order valence-corrected chi connectivity index (χ0v) is 19.5. The summed E-state index contributed by atoms with van der Waals surface area (Å²) in [6, 6.07) is 5.97. The summed E-state index contributed by atoms with van der Waals surface area (Å²) in [7, 11) is 4.01. The Labute approximate surface area is 187 Å². The molecule has 3 aromatic rings. The number of anilines is 2. The molecule has 0 bridgehead atoms. The normalized spacial score (nSPS) is 13.2. The Kier molecular flexibility index (Phi) is 5.90. The molecule has 0 unspecified atom stereocenters. The average Bonchev–Trinajstić information content (AvgIpc) is 3.29. The summed E-state index contributed by atoms with van der Waals surface area (Å²) < 4.78 is 13.5. The van der Waals surface area contributed by atoms with Crippen LogP contribution in [-0.4, -0.2) is 48.5 Å². The van der Waals surface area contributed by atoms with Crippen LogP contribution in [0.2, 0.25) is 0 Å². The molecule has 1 aromatic carbocycles. The monoisotopic (exact) mass is 442 g/mol. The van der Waals surface area contributed by atoms with Crippen molar-refractivity contribution in [2.75, 3.05) is 44.6 Å². The van der Waals surface area contributed by atoms with Crippen molar-refractivity contribution in [1.29, 1.82) is 0 Å². The number of ether oxygens (including phenoxy) is 2. The van der Waals surface area contributed by atoms with E-state index in [1.165, 1.54) is 0 Å². The van der Waals surface area contributed by atoms with Gasteiger partial charge in [-0.25, -0.2) is 9.97 Å².